The van der Waals surface area contributed by atoms with Crippen LogP contribution in [0.3, 0.4) is 0 Å². The van der Waals surface area contributed by atoms with Gasteiger partial charge in [-0.05, 0) is 36.7 Å². The minimum absolute atomic E-state index is 0.101. The van der Waals surface area contributed by atoms with E-state index >= 15 is 0 Å². The van der Waals surface area contributed by atoms with Crippen LogP contribution in [0.1, 0.15) is 50.5 Å². The maximum atomic E-state index is 13.2. The van der Waals surface area contributed by atoms with Crippen molar-refractivity contribution in [3.05, 3.63) is 35.9 Å². The molecule has 2 aliphatic heterocycles. The smallest absolute Gasteiger partial charge is 0.324 e. The van der Waals surface area contributed by atoms with Crippen LogP contribution in [-0.4, -0.2) is 52.2 Å². The Kier molecular flexibility index (Phi) is 5.49. The number of benzene rings is 1. The lowest BCUT2D eigenvalue weighted by atomic mass is 9.79. The molecule has 0 radical (unpaired) electrons. The molecular formula is C22H26N3O5-. The number of nitrogens with one attached hydrogen (secondary N) is 1. The van der Waals surface area contributed by atoms with E-state index in [0.29, 0.717) is 25.8 Å². The molecule has 2 saturated heterocycles. The number of likely N-dealkylation sites (tertiary alicyclic amines) is 1. The maximum absolute atomic E-state index is 13.2. The predicted octanol–water partition coefficient (Wildman–Crippen LogP) is 0.798. The number of amides is 4. The summed E-state index contributed by atoms with van der Waals surface area (Å²) in [5.74, 6) is -1.73. The van der Waals surface area contributed by atoms with Gasteiger partial charge in [0.2, 0.25) is 5.91 Å². The Hall–Kier alpha value is -2.90. The molecular weight excluding hydrogens is 386 g/mol. The lowest BCUT2D eigenvalue weighted by Gasteiger charge is -2.38. The lowest BCUT2D eigenvalue weighted by Crippen LogP contribution is -2.64. The van der Waals surface area contributed by atoms with E-state index in [-0.39, 0.29) is 31.2 Å². The van der Waals surface area contributed by atoms with E-state index in [2.05, 4.69) is 5.32 Å². The Balaban J connectivity index is 1.50. The summed E-state index contributed by atoms with van der Waals surface area (Å²) in [4.78, 5) is 52.8. The number of imide groups is 1. The summed E-state index contributed by atoms with van der Waals surface area (Å²) in [5, 5.41) is 14.1. The van der Waals surface area contributed by atoms with Crippen molar-refractivity contribution in [2.75, 3.05) is 6.54 Å². The molecule has 1 N–H and O–H groups in total. The normalized spacial score (nSPS) is 25.2. The first-order chi connectivity index (χ1) is 14.4. The standard InChI is InChI=1S/C22H27N3O5/c26-17(12-22(13-18(27)28)9-4-5-10-22)24-11-8-16-19(24)20(29)25(21(30)23-16)14-15-6-2-1-3-7-15/h1-3,6-7,16,19H,4-5,8-14H2,(H,23,30)(H,27,28)/p-1/t16-,19+/m1/s1. The number of urea groups is 1. The number of carboxylic acid groups (broad SMARTS) is 1. The Morgan fingerprint density at radius 2 is 1.80 bits per heavy atom. The number of aliphatic carboxylic acids is 1. The lowest BCUT2D eigenvalue weighted by molar-refractivity contribution is -0.308. The topological polar surface area (TPSA) is 110 Å². The highest BCUT2D eigenvalue weighted by Gasteiger charge is 2.50. The molecule has 0 aromatic heterocycles. The molecule has 8 heteroatoms. The molecule has 4 rings (SSSR count). The number of nitrogens with zero attached hydrogens (tertiary/aromatic N) is 2. The van der Waals surface area contributed by atoms with E-state index in [4.69, 9.17) is 0 Å². The molecule has 1 aromatic rings. The van der Waals surface area contributed by atoms with Crippen molar-refractivity contribution in [2.45, 2.75) is 63.6 Å². The average molecular weight is 412 g/mol. The number of hydrogen-bond donors (Lipinski definition) is 1. The molecule has 1 aromatic carbocycles. The Labute approximate surface area is 175 Å². The van der Waals surface area contributed by atoms with E-state index in [1.165, 1.54) is 0 Å². The van der Waals surface area contributed by atoms with Crippen molar-refractivity contribution in [1.29, 1.82) is 0 Å². The first-order valence-corrected chi connectivity index (χ1v) is 10.5. The van der Waals surface area contributed by atoms with Gasteiger partial charge in [0.25, 0.3) is 5.91 Å². The largest absolute Gasteiger partial charge is 0.550 e. The monoisotopic (exact) mass is 412 g/mol. The summed E-state index contributed by atoms with van der Waals surface area (Å²) >= 11 is 0. The molecule has 4 amide bonds. The van der Waals surface area contributed by atoms with E-state index in [0.717, 1.165) is 23.3 Å². The van der Waals surface area contributed by atoms with E-state index in [1.54, 1.807) is 4.90 Å². The fourth-order valence-electron chi connectivity index (χ4n) is 5.21. The first kappa shape index (κ1) is 20.4. The molecule has 2 heterocycles. The predicted molar refractivity (Wildman–Crippen MR) is 105 cm³/mol. The van der Waals surface area contributed by atoms with Gasteiger partial charge in [0, 0.05) is 18.9 Å². The summed E-state index contributed by atoms with van der Waals surface area (Å²) in [6.07, 6.45) is 3.63. The Bertz CT molecular complexity index is 850. The highest BCUT2D eigenvalue weighted by molar-refractivity contribution is 6.02. The average Bonchev–Trinajstić information content (AvgIpc) is 3.32. The molecule has 1 saturated carbocycles. The first-order valence-electron chi connectivity index (χ1n) is 10.5. The van der Waals surface area contributed by atoms with Gasteiger partial charge in [-0.1, -0.05) is 43.2 Å². The minimum Gasteiger partial charge on any atom is -0.550 e. The van der Waals surface area contributed by atoms with Crippen LogP contribution in [0.4, 0.5) is 4.79 Å². The van der Waals surface area contributed by atoms with Crippen LogP contribution in [-0.2, 0) is 20.9 Å². The molecule has 3 aliphatic rings. The van der Waals surface area contributed by atoms with Crippen molar-refractivity contribution in [3.63, 3.8) is 0 Å². The van der Waals surface area contributed by atoms with Crippen LogP contribution in [0.15, 0.2) is 30.3 Å². The van der Waals surface area contributed by atoms with Gasteiger partial charge in [-0.2, -0.15) is 0 Å². The fourth-order valence-corrected chi connectivity index (χ4v) is 5.21. The third-order valence-electron chi connectivity index (χ3n) is 6.68. The number of carboxylic acids is 1. The third kappa shape index (κ3) is 3.91. The molecule has 30 heavy (non-hydrogen) atoms. The zero-order valence-electron chi connectivity index (χ0n) is 16.8. The van der Waals surface area contributed by atoms with Gasteiger partial charge < -0.3 is 20.1 Å². The van der Waals surface area contributed by atoms with Gasteiger partial charge in [0.05, 0.1) is 12.6 Å². The van der Waals surface area contributed by atoms with E-state index in [9.17, 15) is 24.3 Å². The molecule has 3 fully saturated rings. The van der Waals surface area contributed by atoms with Gasteiger partial charge in [-0.3, -0.25) is 14.5 Å². The molecule has 2 atom stereocenters. The van der Waals surface area contributed by atoms with Crippen LogP contribution in [0, 0.1) is 5.41 Å². The van der Waals surface area contributed by atoms with E-state index in [1.807, 2.05) is 30.3 Å². The quantitative estimate of drug-likeness (QED) is 0.743. The van der Waals surface area contributed by atoms with Crippen LogP contribution in [0.25, 0.3) is 0 Å². The number of fused-ring (bicyclic) bond motifs is 1. The van der Waals surface area contributed by atoms with Crippen LogP contribution >= 0.6 is 0 Å². The van der Waals surface area contributed by atoms with Gasteiger partial charge >= 0.3 is 6.03 Å². The van der Waals surface area contributed by atoms with Crippen molar-refractivity contribution in [3.8, 4) is 0 Å². The Morgan fingerprint density at radius 3 is 2.47 bits per heavy atom. The van der Waals surface area contributed by atoms with Gasteiger partial charge in [0.1, 0.15) is 6.04 Å². The number of carbonyl (C=O) groups is 4. The molecule has 0 bridgehead atoms. The zero-order chi connectivity index (χ0) is 21.3. The van der Waals surface area contributed by atoms with Gasteiger partial charge in [-0.25, -0.2) is 4.79 Å². The summed E-state index contributed by atoms with van der Waals surface area (Å²) < 4.78 is 0. The molecule has 8 nitrogen and oxygen atoms in total. The van der Waals surface area contributed by atoms with Crippen molar-refractivity contribution < 1.29 is 24.3 Å². The fraction of sp³-hybridized carbons (Fsp3) is 0.545. The third-order valence-corrected chi connectivity index (χ3v) is 6.68. The number of rotatable bonds is 6. The van der Waals surface area contributed by atoms with Gasteiger partial charge in [-0.15, -0.1) is 0 Å². The van der Waals surface area contributed by atoms with Crippen molar-refractivity contribution >= 4 is 23.8 Å². The second-order valence-corrected chi connectivity index (χ2v) is 8.72. The SMILES string of the molecule is O=C([O-])CC1(CC(=O)N2CC[C@H]3NC(=O)N(Cc4ccccc4)C(=O)[C@H]32)CCCC1. The molecule has 1 aliphatic carbocycles. The molecule has 0 unspecified atom stereocenters. The van der Waals surface area contributed by atoms with Crippen LogP contribution < -0.4 is 10.4 Å². The van der Waals surface area contributed by atoms with Crippen LogP contribution in [0.2, 0.25) is 0 Å². The summed E-state index contributed by atoms with van der Waals surface area (Å²) in [6.45, 7) is 0.520. The second-order valence-electron chi connectivity index (χ2n) is 8.72. The highest BCUT2D eigenvalue weighted by atomic mass is 16.4. The van der Waals surface area contributed by atoms with E-state index < -0.39 is 29.5 Å². The minimum atomic E-state index is -1.14. The molecule has 0 spiro atoms. The molecule has 160 valence electrons. The number of hydrogen-bond acceptors (Lipinski definition) is 5. The van der Waals surface area contributed by atoms with Gasteiger partial charge in [0.15, 0.2) is 0 Å². The van der Waals surface area contributed by atoms with Crippen LogP contribution in [0.5, 0.6) is 0 Å². The zero-order valence-corrected chi connectivity index (χ0v) is 16.8. The summed E-state index contributed by atoms with van der Waals surface area (Å²) in [5.41, 5.74) is 0.243. The second kappa shape index (κ2) is 8.08. The maximum Gasteiger partial charge on any atom is 0.324 e. The van der Waals surface area contributed by atoms with Crippen molar-refractivity contribution in [1.82, 2.24) is 15.1 Å². The summed E-state index contributed by atoms with van der Waals surface area (Å²) in [7, 11) is 0. The van der Waals surface area contributed by atoms with Crippen molar-refractivity contribution in [2.24, 2.45) is 5.41 Å². The Morgan fingerprint density at radius 1 is 1.10 bits per heavy atom. The number of carbonyl (C=O) groups excluding carboxylic acids is 4. The highest BCUT2D eigenvalue weighted by Crippen LogP contribution is 2.44. The summed E-state index contributed by atoms with van der Waals surface area (Å²) in [6, 6.07) is 7.65.